The first kappa shape index (κ1) is 24.4. The zero-order chi connectivity index (χ0) is 25.1. The third-order valence-corrected chi connectivity index (χ3v) is 7.56. The van der Waals surface area contributed by atoms with E-state index < -0.39 is 0 Å². The molecule has 36 heavy (non-hydrogen) atoms. The van der Waals surface area contributed by atoms with Crippen LogP contribution >= 0.6 is 11.8 Å². The highest BCUT2D eigenvalue weighted by molar-refractivity contribution is 7.99. The Morgan fingerprint density at radius 2 is 1.97 bits per heavy atom. The van der Waals surface area contributed by atoms with E-state index in [1.807, 2.05) is 41.9 Å². The molecule has 1 aromatic heterocycles. The van der Waals surface area contributed by atoms with Crippen LogP contribution in [0.25, 0.3) is 0 Å². The van der Waals surface area contributed by atoms with Crippen LogP contribution in [0.15, 0.2) is 58.9 Å². The average Bonchev–Trinajstić information content (AvgIpc) is 3.29. The van der Waals surface area contributed by atoms with Crippen molar-refractivity contribution in [1.82, 2.24) is 14.8 Å². The number of benzene rings is 2. The summed E-state index contributed by atoms with van der Waals surface area (Å²) in [6.07, 6.45) is 3.27. The number of allylic oxidation sites excluding steroid dienone is 2. The summed E-state index contributed by atoms with van der Waals surface area (Å²) in [7, 11) is 0. The molecule has 3 aromatic rings. The number of carbonyl (C=O) groups excluding carboxylic acids is 1. The van der Waals surface area contributed by atoms with Crippen LogP contribution < -0.4 is 14.8 Å². The van der Waals surface area contributed by atoms with Crippen molar-refractivity contribution in [2.75, 3.05) is 17.7 Å². The normalized spacial score (nSPS) is 16.9. The maximum absolute atomic E-state index is 13.1. The van der Waals surface area contributed by atoms with Gasteiger partial charge in [0.15, 0.2) is 17.3 Å². The SMILES string of the molecule is CCCSc1nc2n(n1)C(c1ccc(OCc3ccccc3C)c(OCC)c1)C1=C(CCCC1=O)N2. The van der Waals surface area contributed by atoms with Crippen LogP contribution in [0, 0.1) is 6.92 Å². The van der Waals surface area contributed by atoms with Crippen LogP contribution in [-0.2, 0) is 11.4 Å². The van der Waals surface area contributed by atoms with Crippen LogP contribution in [-0.4, -0.2) is 32.9 Å². The topological polar surface area (TPSA) is 78.3 Å². The monoisotopic (exact) mass is 504 g/mol. The minimum absolute atomic E-state index is 0.163. The van der Waals surface area contributed by atoms with Crippen LogP contribution in [0.3, 0.4) is 0 Å². The lowest BCUT2D eigenvalue weighted by Gasteiger charge is -2.32. The fourth-order valence-electron chi connectivity index (χ4n) is 4.71. The van der Waals surface area contributed by atoms with Gasteiger partial charge in [-0.1, -0.05) is 49.0 Å². The molecule has 2 heterocycles. The highest BCUT2D eigenvalue weighted by atomic mass is 32.2. The Bertz CT molecular complexity index is 1300. The Morgan fingerprint density at radius 3 is 2.78 bits per heavy atom. The zero-order valence-corrected chi connectivity index (χ0v) is 21.9. The van der Waals surface area contributed by atoms with Crippen molar-refractivity contribution in [3.8, 4) is 11.5 Å². The Kier molecular flexibility index (Phi) is 7.32. The van der Waals surface area contributed by atoms with Gasteiger partial charge in [-0.15, -0.1) is 5.10 Å². The van der Waals surface area contributed by atoms with Gasteiger partial charge in [0.1, 0.15) is 12.6 Å². The predicted molar refractivity (Wildman–Crippen MR) is 142 cm³/mol. The van der Waals surface area contributed by atoms with Crippen LogP contribution in [0.5, 0.6) is 11.5 Å². The molecule has 1 aliphatic carbocycles. The molecule has 1 aliphatic heterocycles. The van der Waals surface area contributed by atoms with Gasteiger partial charge in [0.25, 0.3) is 0 Å². The van der Waals surface area contributed by atoms with Crippen molar-refractivity contribution >= 4 is 23.5 Å². The molecule has 8 heteroatoms. The molecule has 1 atom stereocenters. The van der Waals surface area contributed by atoms with Crippen molar-refractivity contribution in [2.24, 2.45) is 0 Å². The summed E-state index contributed by atoms with van der Waals surface area (Å²) in [5, 5.41) is 8.92. The quantitative estimate of drug-likeness (QED) is 0.353. The number of carbonyl (C=O) groups is 1. The summed E-state index contributed by atoms with van der Waals surface area (Å²) in [6, 6.07) is 13.8. The summed E-state index contributed by atoms with van der Waals surface area (Å²) in [5.74, 6) is 3.14. The molecule has 7 nitrogen and oxygen atoms in total. The first-order valence-corrected chi connectivity index (χ1v) is 13.6. The first-order chi connectivity index (χ1) is 17.6. The summed E-state index contributed by atoms with van der Waals surface area (Å²) >= 11 is 1.63. The standard InChI is InChI=1S/C28H32N4O3S/c1-4-15-36-28-30-27-29-21-11-8-12-22(33)25(21)26(32(27)31-28)19-13-14-23(24(16-19)34-5-2)35-17-20-10-7-6-9-18(20)3/h6-7,9-10,13-14,16,26H,4-5,8,11-12,15,17H2,1-3H3,(H,29,30,31). The summed E-state index contributed by atoms with van der Waals surface area (Å²) < 4.78 is 14.1. The summed E-state index contributed by atoms with van der Waals surface area (Å²) in [5.41, 5.74) is 4.99. The number of Topliss-reactive ketones (excluding diaryl/α,β-unsaturated/α-hetero) is 1. The molecule has 1 unspecified atom stereocenters. The van der Waals surface area contributed by atoms with Crippen LogP contribution in [0.2, 0.25) is 0 Å². The van der Waals surface area contributed by atoms with Crippen molar-refractivity contribution in [2.45, 2.75) is 64.3 Å². The van der Waals surface area contributed by atoms with Crippen molar-refractivity contribution in [3.05, 3.63) is 70.4 Å². The fraction of sp³-hybridized carbons (Fsp3) is 0.393. The van der Waals surface area contributed by atoms with Gasteiger partial charge in [-0.25, -0.2) is 4.68 Å². The summed E-state index contributed by atoms with van der Waals surface area (Å²) in [4.78, 5) is 17.9. The number of ketones is 1. The summed E-state index contributed by atoms with van der Waals surface area (Å²) in [6.45, 7) is 7.15. The number of hydrogen-bond donors (Lipinski definition) is 1. The Balaban J connectivity index is 1.52. The molecule has 2 aromatic carbocycles. The third kappa shape index (κ3) is 4.87. The fourth-order valence-corrected chi connectivity index (χ4v) is 5.39. The maximum Gasteiger partial charge on any atom is 0.227 e. The third-order valence-electron chi connectivity index (χ3n) is 6.51. The molecular formula is C28H32N4O3S. The molecule has 0 amide bonds. The van der Waals surface area contributed by atoms with Crippen LogP contribution in [0.1, 0.15) is 62.3 Å². The van der Waals surface area contributed by atoms with Crippen molar-refractivity contribution in [3.63, 3.8) is 0 Å². The molecule has 2 aliphatic rings. The molecular weight excluding hydrogens is 472 g/mol. The number of hydrogen-bond acceptors (Lipinski definition) is 7. The maximum atomic E-state index is 13.1. The van der Waals surface area contributed by atoms with E-state index in [9.17, 15) is 4.79 Å². The molecule has 0 fully saturated rings. The van der Waals surface area contributed by atoms with E-state index in [0.717, 1.165) is 52.6 Å². The Hall–Kier alpha value is -3.26. The number of nitrogens with one attached hydrogen (secondary N) is 1. The molecule has 5 rings (SSSR count). The van der Waals surface area contributed by atoms with Crippen LogP contribution in [0.4, 0.5) is 5.95 Å². The molecule has 188 valence electrons. The van der Waals surface area contributed by atoms with E-state index >= 15 is 0 Å². The second kappa shape index (κ2) is 10.8. The smallest absolute Gasteiger partial charge is 0.227 e. The van der Waals surface area contributed by atoms with E-state index in [0.29, 0.717) is 37.1 Å². The zero-order valence-electron chi connectivity index (χ0n) is 21.0. The van der Waals surface area contributed by atoms with Gasteiger partial charge < -0.3 is 14.8 Å². The van der Waals surface area contributed by atoms with Gasteiger partial charge in [0.05, 0.1) is 6.61 Å². The number of ether oxygens (including phenoxy) is 2. The lowest BCUT2D eigenvalue weighted by Crippen LogP contribution is -2.31. The average molecular weight is 505 g/mol. The number of nitrogens with zero attached hydrogens (tertiary/aromatic N) is 3. The second-order valence-electron chi connectivity index (χ2n) is 9.06. The number of aryl methyl sites for hydroxylation is 1. The van der Waals surface area contributed by atoms with Crippen molar-refractivity contribution in [1.29, 1.82) is 0 Å². The van der Waals surface area contributed by atoms with Crippen molar-refractivity contribution < 1.29 is 14.3 Å². The van der Waals surface area contributed by atoms with Gasteiger partial charge in [-0.2, -0.15) is 4.98 Å². The largest absolute Gasteiger partial charge is 0.490 e. The van der Waals surface area contributed by atoms with Gasteiger partial charge in [0, 0.05) is 23.4 Å². The highest BCUT2D eigenvalue weighted by Gasteiger charge is 2.37. The van der Waals surface area contributed by atoms with E-state index in [2.05, 4.69) is 31.3 Å². The van der Waals surface area contributed by atoms with Gasteiger partial charge >= 0.3 is 0 Å². The lowest BCUT2D eigenvalue weighted by atomic mass is 9.85. The molecule has 0 spiro atoms. The second-order valence-corrected chi connectivity index (χ2v) is 10.1. The Morgan fingerprint density at radius 1 is 1.11 bits per heavy atom. The Labute approximate surface area is 216 Å². The predicted octanol–water partition coefficient (Wildman–Crippen LogP) is 6.09. The van der Waals surface area contributed by atoms with E-state index in [1.165, 1.54) is 5.56 Å². The number of thioether (sulfide) groups is 1. The number of aromatic nitrogens is 3. The minimum Gasteiger partial charge on any atom is -0.490 e. The van der Waals surface area contributed by atoms with Gasteiger partial charge in [-0.3, -0.25) is 4.79 Å². The lowest BCUT2D eigenvalue weighted by molar-refractivity contribution is -0.116. The number of anilines is 1. The van der Waals surface area contributed by atoms with E-state index in [-0.39, 0.29) is 11.8 Å². The highest BCUT2D eigenvalue weighted by Crippen LogP contribution is 2.42. The molecule has 1 N–H and O–H groups in total. The minimum atomic E-state index is -0.350. The molecule has 0 saturated heterocycles. The first-order valence-electron chi connectivity index (χ1n) is 12.7. The van der Waals surface area contributed by atoms with Gasteiger partial charge in [-0.05, 0) is 61.9 Å². The molecule has 0 saturated carbocycles. The molecule has 0 radical (unpaired) electrons. The van der Waals surface area contributed by atoms with Gasteiger partial charge in [0.2, 0.25) is 11.1 Å². The molecule has 0 bridgehead atoms. The van der Waals surface area contributed by atoms with E-state index in [4.69, 9.17) is 19.6 Å². The van der Waals surface area contributed by atoms with E-state index in [1.54, 1.807) is 11.8 Å². The number of rotatable bonds is 9. The number of fused-ring (bicyclic) bond motifs is 1.